The van der Waals surface area contributed by atoms with Crippen molar-refractivity contribution in [3.05, 3.63) is 53.6 Å². The minimum atomic E-state index is 0.914. The fourth-order valence-corrected chi connectivity index (χ4v) is 2.15. The van der Waals surface area contributed by atoms with E-state index in [0.717, 1.165) is 12.1 Å². The fraction of sp³-hybridized carbons (Fsp3) is 0.154. The quantitative estimate of drug-likeness (QED) is 0.707. The Kier molecular flexibility index (Phi) is 2.97. The molecule has 0 fully saturated rings. The molecule has 0 spiro atoms. The maximum atomic E-state index is 4.44. The lowest BCUT2D eigenvalue weighted by Crippen LogP contribution is -1.88. The summed E-state index contributed by atoms with van der Waals surface area (Å²) in [5, 5.41) is 2.07. The molecule has 1 nitrogen and oxygen atoms in total. The van der Waals surface area contributed by atoms with Crippen LogP contribution in [0.15, 0.2) is 48.0 Å². The molecule has 0 aliphatic rings. The molecule has 0 unspecified atom stereocenters. The number of allylic oxidation sites excluding steroid dienone is 1. The molecule has 15 heavy (non-hydrogen) atoms. The lowest BCUT2D eigenvalue weighted by Gasteiger charge is -2.01. The Morgan fingerprint density at radius 3 is 2.80 bits per heavy atom. The first-order valence-electron chi connectivity index (χ1n) is 4.89. The summed E-state index contributed by atoms with van der Waals surface area (Å²) >= 11 is 1.72. The molecule has 0 aliphatic heterocycles. The van der Waals surface area contributed by atoms with Gasteiger partial charge in [-0.25, -0.2) is 0 Å². The SMILES string of the molecule is C=C(C)Cc1ccc(-c2cccs2)nc1. The van der Waals surface area contributed by atoms with Crippen LogP contribution in [0.2, 0.25) is 0 Å². The Balaban J connectivity index is 2.21. The van der Waals surface area contributed by atoms with E-state index in [2.05, 4.69) is 35.1 Å². The van der Waals surface area contributed by atoms with Crippen LogP contribution in [0.5, 0.6) is 0 Å². The number of hydrogen-bond donors (Lipinski definition) is 0. The summed E-state index contributed by atoms with van der Waals surface area (Å²) in [6, 6.07) is 8.33. The van der Waals surface area contributed by atoms with Crippen LogP contribution in [-0.4, -0.2) is 4.98 Å². The van der Waals surface area contributed by atoms with E-state index < -0.39 is 0 Å². The van der Waals surface area contributed by atoms with Crippen LogP contribution in [0.25, 0.3) is 10.6 Å². The van der Waals surface area contributed by atoms with Crippen LogP contribution in [0.1, 0.15) is 12.5 Å². The maximum absolute atomic E-state index is 4.44. The van der Waals surface area contributed by atoms with Crippen molar-refractivity contribution in [3.8, 4) is 10.6 Å². The fourth-order valence-electron chi connectivity index (χ4n) is 1.45. The molecule has 76 valence electrons. The number of aromatic nitrogens is 1. The van der Waals surface area contributed by atoms with Crippen molar-refractivity contribution in [2.75, 3.05) is 0 Å². The van der Waals surface area contributed by atoms with Crippen LogP contribution in [0.3, 0.4) is 0 Å². The van der Waals surface area contributed by atoms with Crippen molar-refractivity contribution in [2.45, 2.75) is 13.3 Å². The van der Waals surface area contributed by atoms with Crippen molar-refractivity contribution >= 4 is 11.3 Å². The molecule has 2 rings (SSSR count). The van der Waals surface area contributed by atoms with Gasteiger partial charge in [0.05, 0.1) is 10.6 Å². The second-order valence-corrected chi connectivity index (χ2v) is 4.61. The number of nitrogens with zero attached hydrogens (tertiary/aromatic N) is 1. The number of hydrogen-bond acceptors (Lipinski definition) is 2. The van der Waals surface area contributed by atoms with Crippen LogP contribution in [0, 0.1) is 0 Å². The summed E-state index contributed by atoms with van der Waals surface area (Å²) in [5.74, 6) is 0. The first kappa shape index (κ1) is 10.1. The minimum absolute atomic E-state index is 0.914. The first-order chi connectivity index (χ1) is 7.25. The molecule has 2 aromatic rings. The molecule has 2 aromatic heterocycles. The monoisotopic (exact) mass is 215 g/mol. The van der Waals surface area contributed by atoms with Gasteiger partial charge in [-0.2, -0.15) is 0 Å². The van der Waals surface area contributed by atoms with Gasteiger partial charge in [-0.15, -0.1) is 11.3 Å². The summed E-state index contributed by atoms with van der Waals surface area (Å²) in [6.45, 7) is 5.93. The second kappa shape index (κ2) is 4.41. The summed E-state index contributed by atoms with van der Waals surface area (Å²) in [7, 11) is 0. The van der Waals surface area contributed by atoms with Gasteiger partial charge < -0.3 is 0 Å². The molecule has 0 aromatic carbocycles. The predicted octanol–water partition coefficient (Wildman–Crippen LogP) is 3.93. The topological polar surface area (TPSA) is 12.9 Å². The Bertz CT molecular complexity index is 440. The van der Waals surface area contributed by atoms with Crippen LogP contribution >= 0.6 is 11.3 Å². The molecule has 0 bridgehead atoms. The normalized spacial score (nSPS) is 10.2. The Labute approximate surface area is 94.1 Å². The summed E-state index contributed by atoms with van der Waals surface area (Å²) < 4.78 is 0. The zero-order chi connectivity index (χ0) is 10.7. The van der Waals surface area contributed by atoms with Crippen molar-refractivity contribution in [3.63, 3.8) is 0 Å². The zero-order valence-electron chi connectivity index (χ0n) is 8.73. The third-order valence-electron chi connectivity index (χ3n) is 2.10. The Hall–Kier alpha value is -1.41. The highest BCUT2D eigenvalue weighted by atomic mass is 32.1. The van der Waals surface area contributed by atoms with Gasteiger partial charge in [0.1, 0.15) is 0 Å². The van der Waals surface area contributed by atoms with E-state index >= 15 is 0 Å². The Morgan fingerprint density at radius 2 is 2.27 bits per heavy atom. The molecule has 0 amide bonds. The van der Waals surface area contributed by atoms with Crippen LogP contribution < -0.4 is 0 Å². The molecule has 0 N–H and O–H groups in total. The van der Waals surface area contributed by atoms with Crippen molar-refractivity contribution in [1.82, 2.24) is 4.98 Å². The lowest BCUT2D eigenvalue weighted by atomic mass is 10.1. The van der Waals surface area contributed by atoms with E-state index in [1.165, 1.54) is 16.0 Å². The maximum Gasteiger partial charge on any atom is 0.0801 e. The molecular formula is C13H13NS. The van der Waals surface area contributed by atoms with E-state index in [0.29, 0.717) is 0 Å². The average molecular weight is 215 g/mol. The van der Waals surface area contributed by atoms with Gasteiger partial charge in [-0.05, 0) is 36.4 Å². The van der Waals surface area contributed by atoms with Gasteiger partial charge in [0, 0.05) is 6.20 Å². The molecule has 0 atom stereocenters. The summed E-state index contributed by atoms with van der Waals surface area (Å²) in [6.07, 6.45) is 2.85. The van der Waals surface area contributed by atoms with Crippen LogP contribution in [0.4, 0.5) is 0 Å². The standard InChI is InChI=1S/C13H13NS/c1-10(2)8-11-5-6-12(14-9-11)13-4-3-7-15-13/h3-7,9H,1,8H2,2H3. The summed E-state index contributed by atoms with van der Waals surface area (Å²) in [4.78, 5) is 5.66. The highest BCUT2D eigenvalue weighted by Gasteiger charge is 2.00. The zero-order valence-corrected chi connectivity index (χ0v) is 9.55. The Morgan fingerprint density at radius 1 is 1.40 bits per heavy atom. The molecule has 0 radical (unpaired) electrons. The van der Waals surface area contributed by atoms with E-state index in [-0.39, 0.29) is 0 Å². The number of thiophene rings is 1. The van der Waals surface area contributed by atoms with Gasteiger partial charge >= 0.3 is 0 Å². The van der Waals surface area contributed by atoms with Gasteiger partial charge in [0.2, 0.25) is 0 Å². The van der Waals surface area contributed by atoms with E-state index in [1.807, 2.05) is 19.2 Å². The third-order valence-corrected chi connectivity index (χ3v) is 3.00. The first-order valence-corrected chi connectivity index (χ1v) is 5.77. The van der Waals surface area contributed by atoms with E-state index in [9.17, 15) is 0 Å². The third kappa shape index (κ3) is 2.54. The molecule has 2 heteroatoms. The lowest BCUT2D eigenvalue weighted by molar-refractivity contribution is 1.12. The molecule has 2 heterocycles. The summed E-state index contributed by atoms with van der Waals surface area (Å²) in [5.41, 5.74) is 3.44. The smallest absolute Gasteiger partial charge is 0.0801 e. The van der Waals surface area contributed by atoms with Gasteiger partial charge in [-0.1, -0.05) is 24.3 Å². The number of pyridine rings is 1. The van der Waals surface area contributed by atoms with Crippen LogP contribution in [-0.2, 0) is 6.42 Å². The van der Waals surface area contributed by atoms with E-state index in [4.69, 9.17) is 0 Å². The predicted molar refractivity (Wildman–Crippen MR) is 66.1 cm³/mol. The highest BCUT2D eigenvalue weighted by molar-refractivity contribution is 7.13. The molecular weight excluding hydrogens is 202 g/mol. The highest BCUT2D eigenvalue weighted by Crippen LogP contribution is 2.22. The van der Waals surface area contributed by atoms with Gasteiger partial charge in [-0.3, -0.25) is 4.98 Å². The van der Waals surface area contributed by atoms with Gasteiger partial charge in [0.25, 0.3) is 0 Å². The van der Waals surface area contributed by atoms with Crippen molar-refractivity contribution in [1.29, 1.82) is 0 Å². The van der Waals surface area contributed by atoms with E-state index in [1.54, 1.807) is 11.3 Å². The van der Waals surface area contributed by atoms with Crippen molar-refractivity contribution < 1.29 is 0 Å². The molecule has 0 saturated heterocycles. The second-order valence-electron chi connectivity index (χ2n) is 3.66. The largest absolute Gasteiger partial charge is 0.255 e. The van der Waals surface area contributed by atoms with Gasteiger partial charge in [0.15, 0.2) is 0 Å². The number of rotatable bonds is 3. The average Bonchev–Trinajstić information content (AvgIpc) is 2.71. The minimum Gasteiger partial charge on any atom is -0.255 e. The molecule has 0 aliphatic carbocycles. The molecule has 0 saturated carbocycles. The van der Waals surface area contributed by atoms with Crippen molar-refractivity contribution in [2.24, 2.45) is 0 Å².